The number of hydrogen-bond donors (Lipinski definition) is 1. The number of nitrogens with zero attached hydrogens (tertiary/aromatic N) is 1. The second-order valence-electron chi connectivity index (χ2n) is 4.16. The number of carbonyl (C=O) groups excluding carboxylic acids is 1. The summed E-state index contributed by atoms with van der Waals surface area (Å²) < 4.78 is 26.9. The summed E-state index contributed by atoms with van der Waals surface area (Å²) in [6, 6.07) is 1.26. The fraction of sp³-hybridized carbons (Fsp3) is 0.231. The molecule has 0 saturated carbocycles. The lowest BCUT2D eigenvalue weighted by Gasteiger charge is -2.17. The third kappa shape index (κ3) is 2.27. The molecule has 1 N–H and O–H groups in total. The second kappa shape index (κ2) is 4.69. The average molecular weight is 265 g/mol. The van der Waals surface area contributed by atoms with Crippen molar-refractivity contribution in [1.82, 2.24) is 0 Å². The summed E-state index contributed by atoms with van der Waals surface area (Å²) in [5.74, 6) is -2.09. The Labute approximate surface area is 107 Å². The first kappa shape index (κ1) is 13.0. The Kier molecular flexibility index (Phi) is 3.21. The molecule has 98 valence electrons. The molecule has 1 aromatic carbocycles. The number of rotatable bonds is 2. The first-order valence-electron chi connectivity index (χ1n) is 5.43. The van der Waals surface area contributed by atoms with Gasteiger partial charge in [0.25, 0.3) is 0 Å². The summed E-state index contributed by atoms with van der Waals surface area (Å²) in [4.78, 5) is 23.5. The molecule has 1 saturated heterocycles. The maximum absolute atomic E-state index is 13.7. The number of carboxylic acid groups (broad SMARTS) is 1. The molecule has 1 amide bonds. The molecule has 0 aromatic heterocycles. The Morgan fingerprint density at radius 1 is 1.42 bits per heavy atom. The number of benzene rings is 1. The summed E-state index contributed by atoms with van der Waals surface area (Å²) in [6.45, 7) is 0.0942. The van der Waals surface area contributed by atoms with Crippen LogP contribution in [0.15, 0.2) is 12.1 Å². The predicted octanol–water partition coefficient (Wildman–Crippen LogP) is 1.65. The highest BCUT2D eigenvalue weighted by atomic mass is 19.1. The van der Waals surface area contributed by atoms with Crippen molar-refractivity contribution in [2.45, 2.75) is 6.42 Å². The van der Waals surface area contributed by atoms with E-state index in [4.69, 9.17) is 11.5 Å². The van der Waals surface area contributed by atoms with Gasteiger partial charge < -0.3 is 10.0 Å². The van der Waals surface area contributed by atoms with Gasteiger partial charge in [0.2, 0.25) is 5.91 Å². The van der Waals surface area contributed by atoms with Gasteiger partial charge in [0.15, 0.2) is 0 Å². The number of carboxylic acids is 1. The topological polar surface area (TPSA) is 57.6 Å². The SMILES string of the molecule is C#CC1CC(=O)N(c2cc(C(=O)O)c(F)cc2F)C1. The van der Waals surface area contributed by atoms with Gasteiger partial charge in [-0.3, -0.25) is 4.79 Å². The van der Waals surface area contributed by atoms with E-state index in [1.807, 2.05) is 0 Å². The summed E-state index contributed by atoms with van der Waals surface area (Å²) in [5, 5.41) is 8.79. The second-order valence-corrected chi connectivity index (χ2v) is 4.16. The molecule has 2 rings (SSSR count). The van der Waals surface area contributed by atoms with Crippen LogP contribution in [0.3, 0.4) is 0 Å². The van der Waals surface area contributed by atoms with Crippen LogP contribution in [0.2, 0.25) is 0 Å². The van der Waals surface area contributed by atoms with Crippen LogP contribution in [0.25, 0.3) is 0 Å². The van der Waals surface area contributed by atoms with Gasteiger partial charge in [-0.15, -0.1) is 12.3 Å². The van der Waals surface area contributed by atoms with Crippen LogP contribution in [-0.2, 0) is 4.79 Å². The average Bonchev–Trinajstić information content (AvgIpc) is 2.70. The third-order valence-electron chi connectivity index (χ3n) is 2.92. The van der Waals surface area contributed by atoms with E-state index < -0.39 is 29.1 Å². The van der Waals surface area contributed by atoms with E-state index in [0.717, 1.165) is 11.0 Å². The molecule has 1 heterocycles. The number of halogens is 2. The largest absolute Gasteiger partial charge is 0.478 e. The summed E-state index contributed by atoms with van der Waals surface area (Å²) in [7, 11) is 0. The zero-order valence-corrected chi connectivity index (χ0v) is 9.69. The van der Waals surface area contributed by atoms with Gasteiger partial charge in [0.1, 0.15) is 11.6 Å². The number of carbonyl (C=O) groups is 2. The third-order valence-corrected chi connectivity index (χ3v) is 2.92. The van der Waals surface area contributed by atoms with E-state index in [-0.39, 0.29) is 24.6 Å². The number of hydrogen-bond acceptors (Lipinski definition) is 2. The van der Waals surface area contributed by atoms with E-state index in [1.165, 1.54) is 0 Å². The first-order valence-corrected chi connectivity index (χ1v) is 5.43. The highest BCUT2D eigenvalue weighted by Crippen LogP contribution is 2.29. The van der Waals surface area contributed by atoms with Crippen LogP contribution in [0.5, 0.6) is 0 Å². The number of terminal acetylenes is 1. The molecular formula is C13H9F2NO3. The molecule has 0 bridgehead atoms. The minimum Gasteiger partial charge on any atom is -0.478 e. The molecule has 1 unspecified atom stereocenters. The monoisotopic (exact) mass is 265 g/mol. The molecule has 19 heavy (non-hydrogen) atoms. The molecule has 1 aliphatic rings. The van der Waals surface area contributed by atoms with E-state index in [2.05, 4.69) is 5.92 Å². The quantitative estimate of drug-likeness (QED) is 0.827. The lowest BCUT2D eigenvalue weighted by atomic mass is 10.1. The number of anilines is 1. The molecule has 0 spiro atoms. The molecule has 4 nitrogen and oxygen atoms in total. The van der Waals surface area contributed by atoms with Gasteiger partial charge in [-0.05, 0) is 6.07 Å². The zero-order valence-electron chi connectivity index (χ0n) is 9.69. The van der Waals surface area contributed by atoms with Crippen molar-refractivity contribution in [3.05, 3.63) is 29.3 Å². The highest BCUT2D eigenvalue weighted by Gasteiger charge is 2.32. The molecule has 1 aliphatic heterocycles. The van der Waals surface area contributed by atoms with Gasteiger partial charge in [-0.1, -0.05) is 0 Å². The van der Waals surface area contributed by atoms with Crippen molar-refractivity contribution in [2.75, 3.05) is 11.4 Å². The Morgan fingerprint density at radius 3 is 2.63 bits per heavy atom. The van der Waals surface area contributed by atoms with Gasteiger partial charge in [0, 0.05) is 24.9 Å². The van der Waals surface area contributed by atoms with Crippen molar-refractivity contribution < 1.29 is 23.5 Å². The molecule has 0 radical (unpaired) electrons. The van der Waals surface area contributed by atoms with E-state index in [1.54, 1.807) is 0 Å². The fourth-order valence-corrected chi connectivity index (χ4v) is 1.96. The molecule has 1 atom stereocenters. The summed E-state index contributed by atoms with van der Waals surface area (Å²) in [6.07, 6.45) is 5.27. The van der Waals surface area contributed by atoms with Crippen LogP contribution >= 0.6 is 0 Å². The normalized spacial score (nSPS) is 18.5. The van der Waals surface area contributed by atoms with Crippen LogP contribution in [0, 0.1) is 29.9 Å². The predicted molar refractivity (Wildman–Crippen MR) is 62.6 cm³/mol. The zero-order chi connectivity index (χ0) is 14.2. The lowest BCUT2D eigenvalue weighted by Crippen LogP contribution is -2.26. The number of aromatic carboxylic acids is 1. The smallest absolute Gasteiger partial charge is 0.338 e. The molecule has 1 aromatic rings. The van der Waals surface area contributed by atoms with E-state index in [9.17, 15) is 18.4 Å². The molecule has 6 heteroatoms. The first-order chi connectivity index (χ1) is 8.93. The van der Waals surface area contributed by atoms with Crippen molar-refractivity contribution in [3.8, 4) is 12.3 Å². The minimum atomic E-state index is -1.53. The molecular weight excluding hydrogens is 256 g/mol. The van der Waals surface area contributed by atoms with E-state index in [0.29, 0.717) is 6.07 Å². The van der Waals surface area contributed by atoms with Crippen molar-refractivity contribution >= 4 is 17.6 Å². The van der Waals surface area contributed by atoms with Gasteiger partial charge >= 0.3 is 5.97 Å². The summed E-state index contributed by atoms with van der Waals surface area (Å²) >= 11 is 0. The Bertz CT molecular complexity index is 607. The van der Waals surface area contributed by atoms with Crippen LogP contribution in [0.1, 0.15) is 16.8 Å². The van der Waals surface area contributed by atoms with Gasteiger partial charge in [-0.25, -0.2) is 13.6 Å². The van der Waals surface area contributed by atoms with E-state index >= 15 is 0 Å². The van der Waals surface area contributed by atoms with Crippen molar-refractivity contribution in [3.63, 3.8) is 0 Å². The van der Waals surface area contributed by atoms with Crippen LogP contribution in [-0.4, -0.2) is 23.5 Å². The Hall–Kier alpha value is -2.42. The molecule has 1 fully saturated rings. The minimum absolute atomic E-state index is 0.0652. The maximum Gasteiger partial charge on any atom is 0.338 e. The summed E-state index contributed by atoms with van der Waals surface area (Å²) in [5.41, 5.74) is -0.949. The van der Waals surface area contributed by atoms with Crippen LogP contribution in [0.4, 0.5) is 14.5 Å². The lowest BCUT2D eigenvalue weighted by molar-refractivity contribution is -0.117. The van der Waals surface area contributed by atoms with Crippen molar-refractivity contribution in [1.29, 1.82) is 0 Å². The molecule has 0 aliphatic carbocycles. The Morgan fingerprint density at radius 2 is 2.11 bits per heavy atom. The maximum atomic E-state index is 13.7. The Balaban J connectivity index is 2.46. The van der Waals surface area contributed by atoms with Crippen LogP contribution < -0.4 is 4.90 Å². The fourth-order valence-electron chi connectivity index (χ4n) is 1.96. The standard InChI is InChI=1S/C13H9F2NO3/c1-2-7-3-12(17)16(6-7)11-4-8(13(18)19)9(14)5-10(11)15/h1,4-5,7H,3,6H2,(H,18,19). The number of amides is 1. The van der Waals surface area contributed by atoms with Gasteiger partial charge in [0.05, 0.1) is 11.3 Å². The van der Waals surface area contributed by atoms with Gasteiger partial charge in [-0.2, -0.15) is 0 Å². The van der Waals surface area contributed by atoms with Crippen molar-refractivity contribution in [2.24, 2.45) is 5.92 Å². The highest BCUT2D eigenvalue weighted by molar-refractivity contribution is 5.98.